The highest BCUT2D eigenvalue weighted by Gasteiger charge is 2.30. The van der Waals surface area contributed by atoms with E-state index in [1.807, 2.05) is 19.1 Å². The van der Waals surface area contributed by atoms with Crippen LogP contribution in [0.5, 0.6) is 0 Å². The Kier molecular flexibility index (Phi) is 3.85. The van der Waals surface area contributed by atoms with Gasteiger partial charge in [0.15, 0.2) is 0 Å². The monoisotopic (exact) mass is 251 g/mol. The van der Waals surface area contributed by atoms with Gasteiger partial charge in [-0.1, -0.05) is 30.7 Å². The van der Waals surface area contributed by atoms with E-state index in [9.17, 15) is 4.79 Å². The van der Waals surface area contributed by atoms with E-state index in [0.29, 0.717) is 18.2 Å². The quantitative estimate of drug-likeness (QED) is 0.805. The summed E-state index contributed by atoms with van der Waals surface area (Å²) >= 11 is 5.87. The smallest absolute Gasteiger partial charge is 0.138 e. The molecule has 2 atom stereocenters. The summed E-state index contributed by atoms with van der Waals surface area (Å²) < 4.78 is 0. The standard InChI is InChI=1S/C14H18ClNO/c1-10-11(2)16(8-7-14(10)17)9-12-3-5-13(15)6-4-12/h3-6,10-11H,7-9H2,1-2H3. The summed E-state index contributed by atoms with van der Waals surface area (Å²) in [4.78, 5) is 14.0. The molecule has 17 heavy (non-hydrogen) atoms. The minimum atomic E-state index is 0.149. The van der Waals surface area contributed by atoms with Crippen molar-refractivity contribution in [1.82, 2.24) is 4.90 Å². The molecular weight excluding hydrogens is 234 g/mol. The van der Waals surface area contributed by atoms with Crippen molar-refractivity contribution in [2.24, 2.45) is 5.92 Å². The minimum Gasteiger partial charge on any atom is -0.299 e. The zero-order valence-electron chi connectivity index (χ0n) is 10.3. The van der Waals surface area contributed by atoms with Crippen molar-refractivity contribution in [3.8, 4) is 0 Å². The van der Waals surface area contributed by atoms with Crippen molar-refractivity contribution in [2.45, 2.75) is 32.9 Å². The lowest BCUT2D eigenvalue weighted by atomic mass is 9.90. The molecule has 2 rings (SSSR count). The number of rotatable bonds is 2. The topological polar surface area (TPSA) is 20.3 Å². The van der Waals surface area contributed by atoms with Crippen LogP contribution in [0.15, 0.2) is 24.3 Å². The molecule has 0 aromatic heterocycles. The van der Waals surface area contributed by atoms with Gasteiger partial charge < -0.3 is 0 Å². The third kappa shape index (κ3) is 2.88. The molecule has 0 saturated carbocycles. The number of carbonyl (C=O) groups is 1. The van der Waals surface area contributed by atoms with Crippen LogP contribution < -0.4 is 0 Å². The Bertz CT molecular complexity index is 401. The van der Waals surface area contributed by atoms with Crippen LogP contribution >= 0.6 is 11.6 Å². The second kappa shape index (κ2) is 5.19. The molecule has 1 aliphatic heterocycles. The molecule has 3 heteroatoms. The Morgan fingerprint density at radius 1 is 1.29 bits per heavy atom. The first kappa shape index (κ1) is 12.6. The second-order valence-electron chi connectivity index (χ2n) is 4.84. The second-order valence-corrected chi connectivity index (χ2v) is 5.28. The highest BCUT2D eigenvalue weighted by atomic mass is 35.5. The van der Waals surface area contributed by atoms with Gasteiger partial charge in [0.1, 0.15) is 5.78 Å². The third-order valence-electron chi connectivity index (χ3n) is 3.75. The maximum atomic E-state index is 11.6. The molecule has 1 saturated heterocycles. The van der Waals surface area contributed by atoms with E-state index in [-0.39, 0.29) is 5.92 Å². The van der Waals surface area contributed by atoms with E-state index < -0.39 is 0 Å². The lowest BCUT2D eigenvalue weighted by Gasteiger charge is -2.36. The molecule has 0 spiro atoms. The van der Waals surface area contributed by atoms with Crippen LogP contribution in [0.2, 0.25) is 5.02 Å². The van der Waals surface area contributed by atoms with Gasteiger partial charge in [-0.3, -0.25) is 9.69 Å². The highest BCUT2D eigenvalue weighted by molar-refractivity contribution is 6.30. The van der Waals surface area contributed by atoms with E-state index >= 15 is 0 Å². The number of hydrogen-bond donors (Lipinski definition) is 0. The number of likely N-dealkylation sites (tertiary alicyclic amines) is 1. The van der Waals surface area contributed by atoms with E-state index in [1.165, 1.54) is 5.56 Å². The number of nitrogens with zero attached hydrogens (tertiary/aromatic N) is 1. The van der Waals surface area contributed by atoms with E-state index in [2.05, 4.69) is 24.0 Å². The summed E-state index contributed by atoms with van der Waals surface area (Å²) in [6, 6.07) is 8.26. The largest absolute Gasteiger partial charge is 0.299 e. The van der Waals surface area contributed by atoms with Gasteiger partial charge in [0.05, 0.1) is 0 Å². The van der Waals surface area contributed by atoms with Crippen LogP contribution in [0.4, 0.5) is 0 Å². The van der Waals surface area contributed by atoms with Crippen molar-refractivity contribution in [1.29, 1.82) is 0 Å². The van der Waals surface area contributed by atoms with Crippen molar-refractivity contribution in [3.05, 3.63) is 34.9 Å². The molecule has 0 bridgehead atoms. The lowest BCUT2D eigenvalue weighted by molar-refractivity contribution is -0.128. The van der Waals surface area contributed by atoms with E-state index in [4.69, 9.17) is 11.6 Å². The fourth-order valence-corrected chi connectivity index (χ4v) is 2.44. The minimum absolute atomic E-state index is 0.149. The maximum Gasteiger partial charge on any atom is 0.138 e. The summed E-state index contributed by atoms with van der Waals surface area (Å²) in [5.74, 6) is 0.543. The van der Waals surface area contributed by atoms with Gasteiger partial charge in [0.2, 0.25) is 0 Å². The van der Waals surface area contributed by atoms with Gasteiger partial charge >= 0.3 is 0 Å². The van der Waals surface area contributed by atoms with Gasteiger partial charge in [-0.15, -0.1) is 0 Å². The van der Waals surface area contributed by atoms with Gasteiger partial charge in [0.25, 0.3) is 0 Å². The Morgan fingerprint density at radius 3 is 2.59 bits per heavy atom. The SMILES string of the molecule is CC1C(=O)CCN(Cc2ccc(Cl)cc2)C1C. The molecule has 2 nitrogen and oxygen atoms in total. The Labute approximate surface area is 108 Å². The molecule has 1 aliphatic rings. The van der Waals surface area contributed by atoms with E-state index in [1.54, 1.807) is 0 Å². The molecule has 0 N–H and O–H groups in total. The molecule has 1 heterocycles. The van der Waals surface area contributed by atoms with Crippen LogP contribution in [-0.2, 0) is 11.3 Å². The molecule has 0 radical (unpaired) electrons. The van der Waals surface area contributed by atoms with Crippen molar-refractivity contribution in [2.75, 3.05) is 6.54 Å². The van der Waals surface area contributed by atoms with Crippen molar-refractivity contribution >= 4 is 17.4 Å². The molecule has 1 aromatic rings. The first-order chi connectivity index (χ1) is 8.08. The number of halogens is 1. The summed E-state index contributed by atoms with van der Waals surface area (Å²) in [7, 11) is 0. The fourth-order valence-electron chi connectivity index (χ4n) is 2.32. The number of hydrogen-bond acceptors (Lipinski definition) is 2. The molecule has 92 valence electrons. The number of piperidine rings is 1. The number of carbonyl (C=O) groups excluding carboxylic acids is 1. The Morgan fingerprint density at radius 2 is 1.94 bits per heavy atom. The van der Waals surface area contributed by atoms with Gasteiger partial charge in [-0.25, -0.2) is 0 Å². The molecule has 1 fully saturated rings. The molecule has 2 unspecified atom stereocenters. The van der Waals surface area contributed by atoms with Crippen LogP contribution in [0.3, 0.4) is 0 Å². The average molecular weight is 252 g/mol. The molecule has 0 amide bonds. The first-order valence-corrected chi connectivity index (χ1v) is 6.47. The predicted molar refractivity (Wildman–Crippen MR) is 70.1 cm³/mol. The Balaban J connectivity index is 2.04. The molecule has 0 aliphatic carbocycles. The van der Waals surface area contributed by atoms with Crippen LogP contribution in [-0.4, -0.2) is 23.3 Å². The van der Waals surface area contributed by atoms with Gasteiger partial charge in [0, 0.05) is 36.5 Å². The number of Topliss-reactive ketones (excluding diaryl/α,β-unsaturated/α-hetero) is 1. The summed E-state index contributed by atoms with van der Waals surface area (Å²) in [6.07, 6.45) is 0.680. The third-order valence-corrected chi connectivity index (χ3v) is 4.00. The molecule has 1 aromatic carbocycles. The van der Waals surface area contributed by atoms with Gasteiger partial charge in [-0.2, -0.15) is 0 Å². The Hall–Kier alpha value is -0.860. The predicted octanol–water partition coefficient (Wildman–Crippen LogP) is 3.14. The maximum absolute atomic E-state index is 11.6. The van der Waals surface area contributed by atoms with Gasteiger partial charge in [-0.05, 0) is 24.6 Å². The van der Waals surface area contributed by atoms with Crippen molar-refractivity contribution < 1.29 is 4.79 Å². The van der Waals surface area contributed by atoms with Crippen LogP contribution in [0.1, 0.15) is 25.8 Å². The summed E-state index contributed by atoms with van der Waals surface area (Å²) in [5, 5.41) is 0.768. The molecular formula is C14H18ClNO. The van der Waals surface area contributed by atoms with Crippen LogP contribution in [0.25, 0.3) is 0 Å². The summed E-state index contributed by atoms with van der Waals surface area (Å²) in [5.41, 5.74) is 1.25. The number of ketones is 1. The normalized spacial score (nSPS) is 26.2. The van der Waals surface area contributed by atoms with Crippen molar-refractivity contribution in [3.63, 3.8) is 0 Å². The highest BCUT2D eigenvalue weighted by Crippen LogP contribution is 2.22. The first-order valence-electron chi connectivity index (χ1n) is 6.09. The lowest BCUT2D eigenvalue weighted by Crippen LogP contribution is -2.46. The van der Waals surface area contributed by atoms with Crippen LogP contribution in [0, 0.1) is 5.92 Å². The summed E-state index contributed by atoms with van der Waals surface area (Å²) in [6.45, 7) is 5.93. The zero-order chi connectivity index (χ0) is 12.4. The zero-order valence-corrected chi connectivity index (χ0v) is 11.1. The number of benzene rings is 1. The van der Waals surface area contributed by atoms with E-state index in [0.717, 1.165) is 18.1 Å². The fraction of sp³-hybridized carbons (Fsp3) is 0.500. The average Bonchev–Trinajstić information content (AvgIpc) is 2.33.